The molecule has 0 aliphatic rings. The Morgan fingerprint density at radius 3 is 1.96 bits per heavy atom. The number of aromatic nitrogens is 3. The lowest BCUT2D eigenvalue weighted by Gasteiger charge is -2.22. The van der Waals surface area contributed by atoms with Crippen molar-refractivity contribution in [3.8, 4) is 16.9 Å². The fourth-order valence-corrected chi connectivity index (χ4v) is 7.43. The Labute approximate surface area is 302 Å². The van der Waals surface area contributed by atoms with Crippen LogP contribution in [-0.4, -0.2) is 47.7 Å². The van der Waals surface area contributed by atoms with Gasteiger partial charge < -0.3 is 19.2 Å². The van der Waals surface area contributed by atoms with E-state index in [1.165, 1.54) is 96.6 Å². The number of rotatable bonds is 22. The molecule has 0 spiro atoms. The Morgan fingerprint density at radius 2 is 1.34 bits per heavy atom. The van der Waals surface area contributed by atoms with Gasteiger partial charge in [-0.05, 0) is 50.5 Å². The maximum atomic E-state index is 13.7. The van der Waals surface area contributed by atoms with Crippen LogP contribution in [0.4, 0.5) is 0 Å². The number of pyridine rings is 1. The number of aromatic amines is 1. The van der Waals surface area contributed by atoms with Crippen LogP contribution in [0, 0.1) is 6.92 Å². The van der Waals surface area contributed by atoms with Crippen molar-refractivity contribution in [2.24, 2.45) is 0 Å². The highest BCUT2D eigenvalue weighted by Gasteiger charge is 2.31. The van der Waals surface area contributed by atoms with Crippen molar-refractivity contribution in [2.75, 3.05) is 20.8 Å². The van der Waals surface area contributed by atoms with Crippen molar-refractivity contribution >= 4 is 34.7 Å². The van der Waals surface area contributed by atoms with Gasteiger partial charge in [0.1, 0.15) is 5.75 Å². The Morgan fingerprint density at radius 1 is 0.720 bits per heavy atom. The molecule has 270 valence electrons. The fraction of sp³-hybridized carbons (Fsp3) is 0.512. The number of carbonyl (C=O) groups excluding carboxylic acids is 2. The molecule has 4 rings (SSSR count). The number of carbonyl (C=O) groups is 2. The van der Waals surface area contributed by atoms with Gasteiger partial charge in [-0.2, -0.15) is 0 Å². The summed E-state index contributed by atoms with van der Waals surface area (Å²) in [6.45, 7) is 6.40. The molecule has 2 aromatic carbocycles. The molecule has 0 saturated carbocycles. The van der Waals surface area contributed by atoms with Crippen molar-refractivity contribution in [3.63, 3.8) is 0 Å². The summed E-state index contributed by atoms with van der Waals surface area (Å²) in [5, 5.41) is 0.706. The van der Waals surface area contributed by atoms with Gasteiger partial charge in [0.15, 0.2) is 5.16 Å². The molecule has 9 heteroatoms. The quantitative estimate of drug-likeness (QED) is 0.0490. The van der Waals surface area contributed by atoms with Gasteiger partial charge in [-0.3, -0.25) is 4.98 Å². The van der Waals surface area contributed by atoms with E-state index in [0.29, 0.717) is 40.2 Å². The molecule has 0 atom stereocenters. The second kappa shape index (κ2) is 20.7. The van der Waals surface area contributed by atoms with Crippen LogP contribution in [0.5, 0.6) is 5.75 Å². The average molecular weight is 702 g/mol. The molecular weight excluding hydrogens is 647 g/mol. The number of para-hydroxylation sites is 2. The Kier molecular flexibility index (Phi) is 16.1. The number of ether oxygens (including phenoxy) is 3. The van der Waals surface area contributed by atoms with Crippen molar-refractivity contribution < 1.29 is 23.8 Å². The minimum absolute atomic E-state index is 0.237. The number of methoxy groups -OCH3 is 2. The van der Waals surface area contributed by atoms with Crippen LogP contribution in [0.3, 0.4) is 0 Å². The predicted octanol–water partition coefficient (Wildman–Crippen LogP) is 10.8. The molecule has 0 saturated heterocycles. The third kappa shape index (κ3) is 10.6. The second-order valence-electron chi connectivity index (χ2n) is 12.8. The molecule has 0 aliphatic carbocycles. The van der Waals surface area contributed by atoms with E-state index < -0.39 is 11.9 Å². The molecule has 4 aromatic rings. The lowest BCUT2D eigenvalue weighted by Crippen LogP contribution is -2.18. The van der Waals surface area contributed by atoms with E-state index >= 15 is 0 Å². The van der Waals surface area contributed by atoms with E-state index in [4.69, 9.17) is 24.2 Å². The van der Waals surface area contributed by atoms with Gasteiger partial charge in [-0.25, -0.2) is 14.6 Å². The van der Waals surface area contributed by atoms with E-state index in [1.54, 1.807) is 6.92 Å². The summed E-state index contributed by atoms with van der Waals surface area (Å²) in [4.78, 5) is 40.0. The van der Waals surface area contributed by atoms with Crippen molar-refractivity contribution in [1.82, 2.24) is 15.0 Å². The predicted molar refractivity (Wildman–Crippen MR) is 203 cm³/mol. The lowest BCUT2D eigenvalue weighted by molar-refractivity contribution is 0.0599. The first-order valence-electron chi connectivity index (χ1n) is 18.5. The monoisotopic (exact) mass is 701 g/mol. The topological polar surface area (TPSA) is 103 Å². The van der Waals surface area contributed by atoms with Gasteiger partial charge in [0, 0.05) is 16.9 Å². The third-order valence-electron chi connectivity index (χ3n) is 9.16. The molecule has 0 amide bonds. The molecule has 2 heterocycles. The summed E-state index contributed by atoms with van der Waals surface area (Å²) in [6, 6.07) is 13.8. The van der Waals surface area contributed by atoms with E-state index in [0.717, 1.165) is 41.4 Å². The highest BCUT2D eigenvalue weighted by atomic mass is 32.2. The summed E-state index contributed by atoms with van der Waals surface area (Å²) in [7, 11) is 2.70. The van der Waals surface area contributed by atoms with Crippen molar-refractivity contribution in [3.05, 3.63) is 70.5 Å². The van der Waals surface area contributed by atoms with Crippen LogP contribution in [-0.2, 0) is 21.6 Å². The standard InChI is InChI=1S/C41H55N3O5S/c1-6-8-9-10-11-12-13-14-15-16-17-18-19-23-30-24-22-27-34(49-7-2)36(30)38-35(39(45)47-4)29(3)42-33(37(38)40(46)48-5)28-50-41-43-31-25-20-21-26-32(31)44-41/h20-22,24-27H,6-19,23,28H2,1-5H3,(H,43,44). The molecule has 8 nitrogen and oxygen atoms in total. The molecule has 50 heavy (non-hydrogen) atoms. The molecule has 0 aliphatic heterocycles. The highest BCUT2D eigenvalue weighted by molar-refractivity contribution is 7.98. The van der Waals surface area contributed by atoms with Gasteiger partial charge in [-0.15, -0.1) is 0 Å². The molecule has 0 fully saturated rings. The summed E-state index contributed by atoms with van der Waals surface area (Å²) >= 11 is 1.44. The van der Waals surface area contributed by atoms with Gasteiger partial charge >= 0.3 is 11.9 Å². The first-order chi connectivity index (χ1) is 24.4. The Bertz CT molecular complexity index is 1650. The number of esters is 2. The maximum Gasteiger partial charge on any atom is 0.340 e. The van der Waals surface area contributed by atoms with Crippen LogP contribution >= 0.6 is 11.8 Å². The molecular formula is C41H55N3O5S. The maximum absolute atomic E-state index is 13.7. The zero-order valence-corrected chi connectivity index (χ0v) is 31.5. The van der Waals surface area contributed by atoms with Gasteiger partial charge in [0.05, 0.1) is 54.4 Å². The molecule has 0 unspecified atom stereocenters. The number of aryl methyl sites for hydroxylation is 2. The van der Waals surface area contributed by atoms with E-state index in [1.807, 2.05) is 43.3 Å². The number of unbranched alkanes of at least 4 members (excludes halogenated alkanes) is 12. The van der Waals surface area contributed by atoms with Crippen LogP contribution in [0.15, 0.2) is 47.6 Å². The van der Waals surface area contributed by atoms with E-state index in [9.17, 15) is 9.59 Å². The Hall–Kier alpha value is -3.85. The number of thioether (sulfide) groups is 1. The largest absolute Gasteiger partial charge is 0.493 e. The number of benzene rings is 2. The van der Waals surface area contributed by atoms with Crippen molar-refractivity contribution in [1.29, 1.82) is 0 Å². The number of imidazole rings is 1. The smallest absolute Gasteiger partial charge is 0.340 e. The summed E-state index contributed by atoms with van der Waals surface area (Å²) < 4.78 is 16.8. The SMILES string of the molecule is CCCCCCCCCCCCCCCc1cccc(OCC)c1-c1c(C(=O)OC)c(C)nc(CSc2nc3ccccc3[nH]2)c1C(=O)OC. The number of nitrogens with one attached hydrogen (secondary N) is 1. The molecule has 0 radical (unpaired) electrons. The fourth-order valence-electron chi connectivity index (χ4n) is 6.60. The van der Waals surface area contributed by atoms with Crippen LogP contribution < -0.4 is 4.74 Å². The van der Waals surface area contributed by atoms with Gasteiger partial charge in [0.25, 0.3) is 0 Å². The third-order valence-corrected chi connectivity index (χ3v) is 10.0. The van der Waals surface area contributed by atoms with Gasteiger partial charge in [0.2, 0.25) is 0 Å². The minimum atomic E-state index is -0.573. The highest BCUT2D eigenvalue weighted by Crippen LogP contribution is 2.42. The second-order valence-corrected chi connectivity index (χ2v) is 13.8. The number of nitrogens with zero attached hydrogens (tertiary/aromatic N) is 2. The zero-order valence-electron chi connectivity index (χ0n) is 30.7. The number of hydrogen-bond donors (Lipinski definition) is 1. The first kappa shape index (κ1) is 38.9. The zero-order chi connectivity index (χ0) is 35.7. The number of hydrogen-bond acceptors (Lipinski definition) is 8. The minimum Gasteiger partial charge on any atom is -0.493 e. The van der Waals surface area contributed by atoms with E-state index in [2.05, 4.69) is 18.0 Å². The first-order valence-corrected chi connectivity index (χ1v) is 19.4. The molecule has 1 N–H and O–H groups in total. The van der Waals surface area contributed by atoms with Crippen LogP contribution in [0.2, 0.25) is 0 Å². The summed E-state index contributed by atoms with van der Waals surface area (Å²) in [5.74, 6) is -0.206. The van der Waals surface area contributed by atoms with Gasteiger partial charge in [-0.1, -0.05) is 120 Å². The summed E-state index contributed by atoms with van der Waals surface area (Å²) in [6.07, 6.45) is 17.4. The molecule has 0 bridgehead atoms. The molecule has 2 aromatic heterocycles. The van der Waals surface area contributed by atoms with Crippen molar-refractivity contribution in [2.45, 2.75) is 122 Å². The van der Waals surface area contributed by atoms with Crippen LogP contribution in [0.1, 0.15) is 135 Å². The van der Waals surface area contributed by atoms with E-state index in [-0.39, 0.29) is 11.1 Å². The summed E-state index contributed by atoms with van der Waals surface area (Å²) in [5.41, 5.74) is 5.41. The lowest BCUT2D eigenvalue weighted by atomic mass is 9.87. The number of fused-ring (bicyclic) bond motifs is 1. The Balaban J connectivity index is 1.59. The average Bonchev–Trinajstić information content (AvgIpc) is 3.55. The number of H-pyrrole nitrogens is 1. The van der Waals surface area contributed by atoms with Crippen LogP contribution in [0.25, 0.3) is 22.2 Å². The normalized spacial score (nSPS) is 11.2.